The van der Waals surface area contributed by atoms with Gasteiger partial charge in [-0.3, -0.25) is 4.79 Å². The number of rotatable bonds is 6. The molecule has 2 fully saturated rings. The summed E-state index contributed by atoms with van der Waals surface area (Å²) < 4.78 is 30.0. The van der Waals surface area contributed by atoms with E-state index in [2.05, 4.69) is 31.0 Å². The van der Waals surface area contributed by atoms with Crippen molar-refractivity contribution in [2.24, 2.45) is 4.99 Å². The average molecular weight is 473 g/mol. The number of fused-ring (bicyclic) bond motifs is 1. The lowest BCUT2D eigenvalue weighted by atomic mass is 10.0. The minimum Gasteiger partial charge on any atom is -0.497 e. The summed E-state index contributed by atoms with van der Waals surface area (Å²) >= 11 is 1.43. The Bertz CT molecular complexity index is 1120. The Morgan fingerprint density at radius 3 is 2.34 bits per heavy atom. The van der Waals surface area contributed by atoms with Crippen LogP contribution in [0.2, 0.25) is 0 Å². The zero-order chi connectivity index (χ0) is 22.9. The quantitative estimate of drug-likeness (QED) is 0.639. The number of hydrogen-bond acceptors (Lipinski definition) is 5. The van der Waals surface area contributed by atoms with Crippen molar-refractivity contribution in [1.29, 1.82) is 0 Å². The highest BCUT2D eigenvalue weighted by atomic mass is 32.2. The number of nitrogens with zero attached hydrogens (tertiary/aromatic N) is 2. The highest BCUT2D eigenvalue weighted by molar-refractivity contribution is 8.16. The van der Waals surface area contributed by atoms with E-state index in [1.807, 2.05) is 35.2 Å². The number of para-hydroxylation sites is 1. The van der Waals surface area contributed by atoms with E-state index in [4.69, 9.17) is 4.74 Å². The van der Waals surface area contributed by atoms with Crippen molar-refractivity contribution in [3.63, 3.8) is 0 Å². The molecule has 6 nitrogen and oxygen atoms in total. The number of carbonyl (C=O) groups is 1. The van der Waals surface area contributed by atoms with Crippen LogP contribution in [0.3, 0.4) is 0 Å². The van der Waals surface area contributed by atoms with E-state index < -0.39 is 9.84 Å². The lowest BCUT2D eigenvalue weighted by Crippen LogP contribution is -2.39. The van der Waals surface area contributed by atoms with E-state index in [9.17, 15) is 13.2 Å². The number of methoxy groups -OCH3 is 1. The number of anilines is 1. The second-order valence-electron chi connectivity index (χ2n) is 8.12. The summed E-state index contributed by atoms with van der Waals surface area (Å²) in [6.45, 7) is 4.19. The number of aryl methyl sites for hydroxylation is 2. The molecule has 0 unspecified atom stereocenters. The Morgan fingerprint density at radius 1 is 1.09 bits per heavy atom. The number of hydrogen-bond donors (Lipinski definition) is 0. The molecule has 2 atom stereocenters. The third-order valence-corrected chi connectivity index (χ3v) is 9.22. The van der Waals surface area contributed by atoms with Crippen molar-refractivity contribution in [1.82, 2.24) is 0 Å². The third-order valence-electron chi connectivity index (χ3n) is 6.01. The molecule has 1 amide bonds. The molecular formula is C24H28N2O4S2. The summed E-state index contributed by atoms with van der Waals surface area (Å²) in [5.74, 6) is 0.720. The minimum absolute atomic E-state index is 0.0948. The molecule has 0 aliphatic carbocycles. The van der Waals surface area contributed by atoms with Crippen molar-refractivity contribution in [3.8, 4) is 5.75 Å². The first kappa shape index (κ1) is 22.9. The van der Waals surface area contributed by atoms with Crippen molar-refractivity contribution >= 4 is 38.4 Å². The van der Waals surface area contributed by atoms with Crippen molar-refractivity contribution in [2.75, 3.05) is 23.5 Å². The molecule has 0 spiro atoms. The van der Waals surface area contributed by atoms with Crippen molar-refractivity contribution in [2.45, 2.75) is 44.4 Å². The topological polar surface area (TPSA) is 76.0 Å². The number of aliphatic imine (C=N–C) groups is 1. The number of carbonyl (C=O) groups excluding carboxylic acids is 1. The summed E-state index contributed by atoms with van der Waals surface area (Å²) in [5, 5.41) is 0.506. The smallest absolute Gasteiger partial charge is 0.252 e. The fourth-order valence-corrected chi connectivity index (χ4v) is 8.33. The zero-order valence-electron chi connectivity index (χ0n) is 18.6. The first-order valence-electron chi connectivity index (χ1n) is 10.9. The summed E-state index contributed by atoms with van der Waals surface area (Å²) in [6.07, 6.45) is 1.83. The van der Waals surface area contributed by atoms with Crippen LogP contribution in [0.15, 0.2) is 47.5 Å². The van der Waals surface area contributed by atoms with Crippen LogP contribution in [-0.4, -0.2) is 49.4 Å². The van der Waals surface area contributed by atoms with Crippen molar-refractivity contribution in [3.05, 3.63) is 59.2 Å². The number of thioether (sulfide) groups is 1. The molecule has 2 heterocycles. The van der Waals surface area contributed by atoms with Gasteiger partial charge in [0.25, 0.3) is 5.91 Å². The van der Waals surface area contributed by atoms with E-state index in [0.717, 1.165) is 41.0 Å². The summed E-state index contributed by atoms with van der Waals surface area (Å²) in [5.41, 5.74) is 4.17. The third kappa shape index (κ3) is 4.57. The second kappa shape index (κ2) is 9.27. The van der Waals surface area contributed by atoms with Crippen LogP contribution < -0.4 is 9.64 Å². The highest BCUT2D eigenvalue weighted by Crippen LogP contribution is 2.43. The molecule has 2 aromatic carbocycles. The monoisotopic (exact) mass is 472 g/mol. The first-order valence-corrected chi connectivity index (χ1v) is 13.6. The van der Waals surface area contributed by atoms with Crippen LogP contribution in [0.5, 0.6) is 5.75 Å². The maximum Gasteiger partial charge on any atom is 0.252 e. The van der Waals surface area contributed by atoms with Gasteiger partial charge >= 0.3 is 0 Å². The van der Waals surface area contributed by atoms with Crippen molar-refractivity contribution < 1.29 is 17.9 Å². The van der Waals surface area contributed by atoms with Crippen LogP contribution in [0, 0.1) is 0 Å². The van der Waals surface area contributed by atoms with Gasteiger partial charge in [-0.1, -0.05) is 55.9 Å². The number of ether oxygens (including phenoxy) is 1. The maximum absolute atomic E-state index is 12.9. The molecule has 0 saturated carbocycles. The fraction of sp³-hybridized carbons (Fsp3) is 0.417. The van der Waals surface area contributed by atoms with Gasteiger partial charge in [0.1, 0.15) is 5.75 Å². The number of sulfone groups is 1. The van der Waals surface area contributed by atoms with Crippen LogP contribution in [0.25, 0.3) is 0 Å². The molecule has 0 aromatic heterocycles. The Hall–Kier alpha value is -2.32. The van der Waals surface area contributed by atoms with Crippen LogP contribution >= 0.6 is 11.8 Å². The molecule has 2 aliphatic rings. The lowest BCUT2D eigenvalue weighted by molar-refractivity contribution is -0.117. The van der Waals surface area contributed by atoms with Gasteiger partial charge in [-0.05, 0) is 41.7 Å². The van der Waals surface area contributed by atoms with E-state index in [1.54, 1.807) is 7.11 Å². The fourth-order valence-electron chi connectivity index (χ4n) is 4.41. The predicted molar refractivity (Wildman–Crippen MR) is 131 cm³/mol. The Kier molecular flexibility index (Phi) is 6.62. The predicted octanol–water partition coefficient (Wildman–Crippen LogP) is 3.66. The van der Waals surface area contributed by atoms with Gasteiger partial charge in [0, 0.05) is 10.9 Å². The summed E-state index contributed by atoms with van der Waals surface area (Å²) in [4.78, 5) is 19.4. The van der Waals surface area contributed by atoms with Gasteiger partial charge in [-0.25, -0.2) is 8.42 Å². The molecular weight excluding hydrogens is 444 g/mol. The lowest BCUT2D eigenvalue weighted by Gasteiger charge is -2.29. The van der Waals surface area contributed by atoms with Gasteiger partial charge in [-0.15, -0.1) is 0 Å². The van der Waals surface area contributed by atoms with Crippen LogP contribution in [0.4, 0.5) is 5.69 Å². The molecule has 2 aliphatic heterocycles. The Balaban J connectivity index is 1.70. The van der Waals surface area contributed by atoms with E-state index in [1.165, 1.54) is 11.8 Å². The summed E-state index contributed by atoms with van der Waals surface area (Å²) in [7, 11) is -1.50. The number of amidine groups is 1. The SMILES string of the molecule is CCc1cccc(CC)c1N1C(=NC(=O)Cc2ccc(OC)cc2)S[C@@H]2CS(=O)(=O)C[C@@H]21. The normalized spacial score (nSPS) is 22.8. The highest BCUT2D eigenvalue weighted by Gasteiger charge is 2.50. The molecule has 8 heteroatoms. The minimum atomic E-state index is -3.11. The van der Waals surface area contributed by atoms with Gasteiger partial charge in [0.2, 0.25) is 0 Å². The maximum atomic E-state index is 12.9. The van der Waals surface area contributed by atoms with Gasteiger partial charge in [0.15, 0.2) is 15.0 Å². The molecule has 32 heavy (non-hydrogen) atoms. The Labute approximate surface area is 194 Å². The van der Waals surface area contributed by atoms with Gasteiger partial charge in [-0.2, -0.15) is 4.99 Å². The zero-order valence-corrected chi connectivity index (χ0v) is 20.2. The molecule has 0 bridgehead atoms. The molecule has 170 valence electrons. The van der Waals surface area contributed by atoms with Crippen LogP contribution in [0.1, 0.15) is 30.5 Å². The molecule has 2 saturated heterocycles. The molecule has 2 aromatic rings. The average Bonchev–Trinajstić information content (AvgIpc) is 3.24. The largest absolute Gasteiger partial charge is 0.497 e. The standard InChI is InChI=1S/C24H28N2O4S2/c1-4-17-7-6-8-18(5-2)23(17)26-20-14-32(28,29)15-21(20)31-24(26)25-22(27)13-16-9-11-19(30-3)12-10-16/h6-12,20-21H,4-5,13-15H2,1-3H3/t20-,21+/m0/s1. The number of benzene rings is 2. The van der Waals surface area contributed by atoms with Gasteiger partial charge in [0.05, 0.1) is 31.1 Å². The van der Waals surface area contributed by atoms with E-state index >= 15 is 0 Å². The molecule has 0 radical (unpaired) electrons. The number of amides is 1. The Morgan fingerprint density at radius 2 is 1.75 bits per heavy atom. The van der Waals surface area contributed by atoms with Gasteiger partial charge < -0.3 is 9.64 Å². The first-order chi connectivity index (χ1) is 15.3. The van der Waals surface area contributed by atoms with Crippen LogP contribution in [-0.2, 0) is 33.9 Å². The molecule has 4 rings (SSSR count). The summed E-state index contributed by atoms with van der Waals surface area (Å²) in [6, 6.07) is 13.4. The van der Waals surface area contributed by atoms with E-state index in [-0.39, 0.29) is 35.1 Å². The second-order valence-corrected chi connectivity index (χ2v) is 11.5. The van der Waals surface area contributed by atoms with E-state index in [0.29, 0.717) is 5.17 Å². The molecule has 0 N–H and O–H groups in total.